The fraction of sp³-hybridized carbons (Fsp3) is 0.864. The Morgan fingerprint density at radius 3 is 1.31 bits per heavy atom. The molecular formula is C44H85NO8P+. The van der Waals surface area contributed by atoms with Crippen molar-refractivity contribution in [3.8, 4) is 0 Å². The van der Waals surface area contributed by atoms with Crippen molar-refractivity contribution >= 4 is 19.8 Å². The number of unbranched alkanes of at least 4 members (excludes halogenated alkanes) is 24. The van der Waals surface area contributed by atoms with E-state index in [1.165, 1.54) is 128 Å². The molecule has 318 valence electrons. The third-order valence-corrected chi connectivity index (χ3v) is 10.6. The fourth-order valence-corrected chi connectivity index (χ4v) is 6.94. The first-order chi connectivity index (χ1) is 26.0. The number of hydrogen-bond donors (Lipinski definition) is 1. The Labute approximate surface area is 332 Å². The van der Waals surface area contributed by atoms with Crippen molar-refractivity contribution in [1.82, 2.24) is 0 Å². The highest BCUT2D eigenvalue weighted by Gasteiger charge is 2.27. The lowest BCUT2D eigenvalue weighted by molar-refractivity contribution is -0.870. The van der Waals surface area contributed by atoms with Gasteiger partial charge in [-0.25, -0.2) is 4.57 Å². The first-order valence-corrected chi connectivity index (χ1v) is 23.5. The average Bonchev–Trinajstić information content (AvgIpc) is 3.12. The molecule has 0 aromatic carbocycles. The number of quaternary nitrogens is 1. The quantitative estimate of drug-likeness (QED) is 0.0215. The lowest BCUT2D eigenvalue weighted by atomic mass is 10.0. The second-order valence-corrected chi connectivity index (χ2v) is 17.6. The zero-order valence-electron chi connectivity index (χ0n) is 35.7. The molecule has 0 radical (unpaired) electrons. The summed E-state index contributed by atoms with van der Waals surface area (Å²) < 4.78 is 34.3. The molecule has 54 heavy (non-hydrogen) atoms. The van der Waals surface area contributed by atoms with E-state index in [2.05, 4.69) is 38.2 Å². The summed E-state index contributed by atoms with van der Waals surface area (Å²) in [7, 11) is 1.48. The average molecular weight is 787 g/mol. The zero-order valence-corrected chi connectivity index (χ0v) is 36.6. The minimum Gasteiger partial charge on any atom is -0.462 e. The largest absolute Gasteiger partial charge is 0.472 e. The molecule has 1 N–H and O–H groups in total. The van der Waals surface area contributed by atoms with Gasteiger partial charge in [-0.2, -0.15) is 0 Å². The molecule has 0 spiro atoms. The van der Waals surface area contributed by atoms with Crippen molar-refractivity contribution in [2.24, 2.45) is 0 Å². The van der Waals surface area contributed by atoms with Gasteiger partial charge in [0.05, 0.1) is 27.7 Å². The Morgan fingerprint density at radius 1 is 0.556 bits per heavy atom. The van der Waals surface area contributed by atoms with Crippen molar-refractivity contribution in [3.63, 3.8) is 0 Å². The molecule has 10 heteroatoms. The van der Waals surface area contributed by atoms with Crippen LogP contribution < -0.4 is 0 Å². The highest BCUT2D eigenvalue weighted by molar-refractivity contribution is 7.47. The minimum absolute atomic E-state index is 0.0334. The number of likely N-dealkylation sites (N-methyl/N-ethyl adjacent to an activating group) is 1. The molecule has 0 bridgehead atoms. The van der Waals surface area contributed by atoms with Gasteiger partial charge in [0.25, 0.3) is 0 Å². The standard InChI is InChI=1S/C44H84NO8P/c1-6-8-10-12-14-16-18-20-22-24-26-28-30-32-34-36-43(46)50-40-42(41-52-54(48,49)51-39-38-45(3,4)5)53-44(47)37-35-33-31-29-27-25-23-21-19-17-15-13-11-9-7-2/h6-9,42H,10-41H2,1-5H3/p+1/b8-6+,9-7+. The summed E-state index contributed by atoms with van der Waals surface area (Å²) in [5.74, 6) is -0.794. The normalized spacial score (nSPS) is 13.8. The Morgan fingerprint density at radius 2 is 0.926 bits per heavy atom. The van der Waals surface area contributed by atoms with Crippen molar-refractivity contribution < 1.29 is 42.1 Å². The molecule has 0 amide bonds. The SMILES string of the molecule is C/C=C/CCCCCCCCCCCCCCC(=O)OCC(COP(=O)(O)OCC[N+](C)(C)C)OC(=O)CCCCCCCCCCCCCC/C=C/C. The van der Waals surface area contributed by atoms with Gasteiger partial charge in [-0.05, 0) is 52.4 Å². The monoisotopic (exact) mass is 787 g/mol. The topological polar surface area (TPSA) is 108 Å². The maximum atomic E-state index is 12.7. The highest BCUT2D eigenvalue weighted by atomic mass is 31.2. The predicted molar refractivity (Wildman–Crippen MR) is 224 cm³/mol. The molecule has 0 aromatic rings. The van der Waals surface area contributed by atoms with Gasteiger partial charge in [-0.1, -0.05) is 153 Å². The summed E-state index contributed by atoms with van der Waals surface area (Å²) in [4.78, 5) is 35.4. The number of phosphoric acid groups is 1. The number of hydrogen-bond acceptors (Lipinski definition) is 7. The maximum absolute atomic E-state index is 12.7. The summed E-state index contributed by atoms with van der Waals surface area (Å²) >= 11 is 0. The Balaban J connectivity index is 4.31. The van der Waals surface area contributed by atoms with Gasteiger partial charge in [0.15, 0.2) is 6.10 Å². The molecule has 2 unspecified atom stereocenters. The highest BCUT2D eigenvalue weighted by Crippen LogP contribution is 2.43. The van der Waals surface area contributed by atoms with Gasteiger partial charge in [-0.3, -0.25) is 18.6 Å². The third-order valence-electron chi connectivity index (χ3n) is 9.64. The van der Waals surface area contributed by atoms with Crippen LogP contribution in [0.1, 0.15) is 194 Å². The van der Waals surface area contributed by atoms with Gasteiger partial charge in [0.2, 0.25) is 0 Å². The second-order valence-electron chi connectivity index (χ2n) is 16.1. The summed E-state index contributed by atoms with van der Waals surface area (Å²) in [6.07, 6.45) is 39.5. The van der Waals surface area contributed by atoms with E-state index >= 15 is 0 Å². The molecule has 9 nitrogen and oxygen atoms in total. The number of esters is 2. The molecule has 0 saturated heterocycles. The number of rotatable bonds is 40. The fourth-order valence-electron chi connectivity index (χ4n) is 6.20. The lowest BCUT2D eigenvalue weighted by Crippen LogP contribution is -2.37. The van der Waals surface area contributed by atoms with Gasteiger partial charge in [0, 0.05) is 12.8 Å². The Kier molecular flexibility index (Phi) is 36.1. The van der Waals surface area contributed by atoms with E-state index in [1.54, 1.807) is 0 Å². The maximum Gasteiger partial charge on any atom is 0.472 e. The van der Waals surface area contributed by atoms with Gasteiger partial charge in [0.1, 0.15) is 19.8 Å². The molecule has 0 aliphatic carbocycles. The summed E-state index contributed by atoms with van der Waals surface area (Å²) in [6, 6.07) is 0. The van der Waals surface area contributed by atoms with Crippen LogP contribution in [-0.2, 0) is 32.7 Å². The first-order valence-electron chi connectivity index (χ1n) is 22.0. The molecule has 0 aromatic heterocycles. The number of nitrogens with zero attached hydrogens (tertiary/aromatic N) is 1. The van der Waals surface area contributed by atoms with E-state index in [9.17, 15) is 19.0 Å². The second kappa shape index (κ2) is 37.1. The van der Waals surface area contributed by atoms with E-state index in [0.717, 1.165) is 32.1 Å². The predicted octanol–water partition coefficient (Wildman–Crippen LogP) is 12.4. The summed E-state index contributed by atoms with van der Waals surface area (Å²) in [5.41, 5.74) is 0. The van der Waals surface area contributed by atoms with Crippen LogP contribution in [0.2, 0.25) is 0 Å². The van der Waals surface area contributed by atoms with Gasteiger partial charge < -0.3 is 18.9 Å². The Hall–Kier alpha value is -1.51. The summed E-state index contributed by atoms with van der Waals surface area (Å²) in [5, 5.41) is 0. The van der Waals surface area contributed by atoms with E-state index in [0.29, 0.717) is 23.9 Å². The number of ether oxygens (including phenoxy) is 2. The van der Waals surface area contributed by atoms with E-state index in [4.69, 9.17) is 18.5 Å². The smallest absolute Gasteiger partial charge is 0.462 e. The molecule has 0 saturated carbocycles. The molecule has 0 rings (SSSR count). The van der Waals surface area contributed by atoms with E-state index in [-0.39, 0.29) is 25.6 Å². The van der Waals surface area contributed by atoms with Crippen LogP contribution in [0.4, 0.5) is 0 Å². The van der Waals surface area contributed by atoms with Crippen LogP contribution in [0.5, 0.6) is 0 Å². The van der Waals surface area contributed by atoms with E-state index < -0.39 is 26.5 Å². The molecular weight excluding hydrogens is 701 g/mol. The molecule has 0 heterocycles. The number of phosphoric ester groups is 1. The van der Waals surface area contributed by atoms with Gasteiger partial charge >= 0.3 is 19.8 Å². The lowest BCUT2D eigenvalue weighted by Gasteiger charge is -2.24. The number of allylic oxidation sites excluding steroid dienone is 4. The van der Waals surface area contributed by atoms with Crippen LogP contribution in [0.3, 0.4) is 0 Å². The molecule has 0 aliphatic heterocycles. The number of carbonyl (C=O) groups is 2. The van der Waals surface area contributed by atoms with Gasteiger partial charge in [-0.15, -0.1) is 0 Å². The minimum atomic E-state index is -4.37. The van der Waals surface area contributed by atoms with Crippen molar-refractivity contribution in [3.05, 3.63) is 24.3 Å². The molecule has 2 atom stereocenters. The molecule has 0 aliphatic rings. The molecule has 0 fully saturated rings. The van der Waals surface area contributed by atoms with Crippen LogP contribution in [0.15, 0.2) is 24.3 Å². The third kappa shape index (κ3) is 40.2. The summed E-state index contributed by atoms with van der Waals surface area (Å²) in [6.45, 7) is 4.08. The van der Waals surface area contributed by atoms with Crippen molar-refractivity contribution in [1.29, 1.82) is 0 Å². The zero-order chi connectivity index (χ0) is 40.0. The van der Waals surface area contributed by atoms with Crippen LogP contribution >= 0.6 is 7.82 Å². The Bertz CT molecular complexity index is 980. The number of carbonyl (C=O) groups excluding carboxylic acids is 2. The van der Waals surface area contributed by atoms with E-state index in [1.807, 2.05) is 21.1 Å². The van der Waals surface area contributed by atoms with Crippen LogP contribution in [-0.4, -0.2) is 74.9 Å². The first kappa shape index (κ1) is 52.5. The van der Waals surface area contributed by atoms with Crippen LogP contribution in [0.25, 0.3) is 0 Å². The van der Waals surface area contributed by atoms with Crippen molar-refractivity contribution in [2.75, 3.05) is 47.5 Å². The van der Waals surface area contributed by atoms with Crippen molar-refractivity contribution in [2.45, 2.75) is 200 Å². The van der Waals surface area contributed by atoms with Crippen LogP contribution in [0, 0.1) is 0 Å².